The predicted octanol–water partition coefficient (Wildman–Crippen LogP) is 2.38. The van der Waals surface area contributed by atoms with Crippen LogP contribution in [-0.4, -0.2) is 27.7 Å². The molecule has 1 aromatic heterocycles. The quantitative estimate of drug-likeness (QED) is 0.833. The van der Waals surface area contributed by atoms with Gasteiger partial charge < -0.3 is 11.1 Å². The zero-order valence-corrected chi connectivity index (χ0v) is 12.5. The lowest BCUT2D eigenvalue weighted by Crippen LogP contribution is -2.36. The largest absolute Gasteiger partial charge is 0.381 e. The number of nitrogens with two attached hydrogens (primary N) is 1. The van der Waals surface area contributed by atoms with E-state index in [2.05, 4.69) is 15.3 Å². The van der Waals surface area contributed by atoms with Crippen LogP contribution in [0.4, 0.5) is 5.82 Å². The molecule has 0 unspecified atom stereocenters. The van der Waals surface area contributed by atoms with Gasteiger partial charge in [0.15, 0.2) is 5.82 Å². The number of hydrogen-bond acceptors (Lipinski definition) is 5. The van der Waals surface area contributed by atoms with Crippen molar-refractivity contribution in [2.24, 2.45) is 0 Å². The predicted molar refractivity (Wildman–Crippen MR) is 81.4 cm³/mol. The number of rotatable bonds is 4. The number of nitrogens with one attached hydrogen (secondary N) is 1. The highest BCUT2D eigenvalue weighted by Crippen LogP contribution is 2.20. The maximum atomic E-state index is 12.0. The average molecular weight is 294 g/mol. The minimum absolute atomic E-state index is 0.0608. The summed E-state index contributed by atoms with van der Waals surface area (Å²) in [5.74, 6) is 0.793. The van der Waals surface area contributed by atoms with Crippen molar-refractivity contribution in [1.29, 1.82) is 0 Å². The molecule has 1 aromatic rings. The van der Waals surface area contributed by atoms with Crippen LogP contribution in [0.15, 0.2) is 17.4 Å². The molecule has 0 bridgehead atoms. The number of anilines is 1. The van der Waals surface area contributed by atoms with E-state index in [0.717, 1.165) is 12.8 Å². The second kappa shape index (κ2) is 8.09. The van der Waals surface area contributed by atoms with Gasteiger partial charge in [0.05, 0.1) is 5.75 Å². The molecular formula is C14H22N4OS. The van der Waals surface area contributed by atoms with Crippen LogP contribution in [0.5, 0.6) is 0 Å². The van der Waals surface area contributed by atoms with E-state index in [9.17, 15) is 4.79 Å². The van der Waals surface area contributed by atoms with Crippen LogP contribution in [0.2, 0.25) is 0 Å². The standard InChI is InChI=1S/C14H22N4OS/c15-13-14(17-9-8-16-13)20-10-12(19)18-11-6-4-2-1-3-5-7-11/h8-9,11H,1-7,10H2,(H2,15,16)(H,18,19). The van der Waals surface area contributed by atoms with Gasteiger partial charge in [-0.1, -0.05) is 43.9 Å². The zero-order valence-electron chi connectivity index (χ0n) is 11.7. The van der Waals surface area contributed by atoms with E-state index < -0.39 is 0 Å². The van der Waals surface area contributed by atoms with Crippen LogP contribution in [0.3, 0.4) is 0 Å². The third-order valence-electron chi connectivity index (χ3n) is 3.50. The Balaban J connectivity index is 1.75. The zero-order chi connectivity index (χ0) is 14.2. The summed E-state index contributed by atoms with van der Waals surface area (Å²) in [6.45, 7) is 0. The van der Waals surface area contributed by atoms with E-state index in [1.165, 1.54) is 43.9 Å². The molecule has 1 fully saturated rings. The van der Waals surface area contributed by atoms with Crippen molar-refractivity contribution in [3.05, 3.63) is 12.4 Å². The number of amides is 1. The third-order valence-corrected chi connectivity index (χ3v) is 4.50. The van der Waals surface area contributed by atoms with Crippen LogP contribution in [0, 0.1) is 0 Å². The average Bonchev–Trinajstić information content (AvgIpc) is 2.41. The Kier molecular flexibility index (Phi) is 6.11. The van der Waals surface area contributed by atoms with E-state index in [1.807, 2.05) is 0 Å². The van der Waals surface area contributed by atoms with Crippen molar-refractivity contribution in [2.45, 2.75) is 56.0 Å². The summed E-state index contributed by atoms with van der Waals surface area (Å²) in [5, 5.41) is 3.75. The fourth-order valence-electron chi connectivity index (χ4n) is 2.45. The smallest absolute Gasteiger partial charge is 0.230 e. The Bertz CT molecular complexity index is 433. The molecule has 1 aliphatic rings. The van der Waals surface area contributed by atoms with Gasteiger partial charge in [-0.25, -0.2) is 9.97 Å². The lowest BCUT2D eigenvalue weighted by Gasteiger charge is -2.20. The SMILES string of the molecule is Nc1nccnc1SCC(=O)NC1CCCCCCC1. The molecule has 1 heterocycles. The highest BCUT2D eigenvalue weighted by Gasteiger charge is 2.14. The first-order chi connectivity index (χ1) is 9.75. The van der Waals surface area contributed by atoms with Gasteiger partial charge in [0.25, 0.3) is 0 Å². The number of hydrogen-bond donors (Lipinski definition) is 2. The Morgan fingerprint density at radius 3 is 2.55 bits per heavy atom. The molecule has 1 aliphatic carbocycles. The second-order valence-electron chi connectivity index (χ2n) is 5.14. The summed E-state index contributed by atoms with van der Waals surface area (Å²) in [7, 11) is 0. The van der Waals surface area contributed by atoms with Crippen LogP contribution in [0.1, 0.15) is 44.9 Å². The third kappa shape index (κ3) is 5.00. The first-order valence-electron chi connectivity index (χ1n) is 7.24. The minimum Gasteiger partial charge on any atom is -0.381 e. The molecule has 110 valence electrons. The van der Waals surface area contributed by atoms with Crippen molar-refractivity contribution in [1.82, 2.24) is 15.3 Å². The van der Waals surface area contributed by atoms with Crippen molar-refractivity contribution in [3.63, 3.8) is 0 Å². The molecular weight excluding hydrogens is 272 g/mol. The first kappa shape index (κ1) is 15.1. The maximum Gasteiger partial charge on any atom is 0.230 e. The van der Waals surface area contributed by atoms with Crippen LogP contribution in [0.25, 0.3) is 0 Å². The molecule has 6 heteroatoms. The van der Waals surface area contributed by atoms with Gasteiger partial charge >= 0.3 is 0 Å². The highest BCUT2D eigenvalue weighted by atomic mass is 32.2. The Morgan fingerprint density at radius 2 is 1.85 bits per heavy atom. The first-order valence-corrected chi connectivity index (χ1v) is 8.23. The number of thioether (sulfide) groups is 1. The van der Waals surface area contributed by atoms with Gasteiger partial charge in [-0.2, -0.15) is 0 Å². The van der Waals surface area contributed by atoms with Gasteiger partial charge in [-0.15, -0.1) is 0 Å². The highest BCUT2D eigenvalue weighted by molar-refractivity contribution is 8.00. The summed E-state index contributed by atoms with van der Waals surface area (Å²) >= 11 is 1.34. The molecule has 0 spiro atoms. The van der Waals surface area contributed by atoms with Crippen molar-refractivity contribution >= 4 is 23.5 Å². The molecule has 0 radical (unpaired) electrons. The monoisotopic (exact) mass is 294 g/mol. The summed E-state index contributed by atoms with van der Waals surface area (Å²) in [6, 6.07) is 0.336. The lowest BCUT2D eigenvalue weighted by molar-refractivity contribution is -0.119. The fraction of sp³-hybridized carbons (Fsp3) is 0.643. The summed E-state index contributed by atoms with van der Waals surface area (Å²) < 4.78 is 0. The molecule has 5 nitrogen and oxygen atoms in total. The molecule has 0 saturated heterocycles. The van der Waals surface area contributed by atoms with E-state index in [1.54, 1.807) is 12.4 Å². The molecule has 0 aromatic carbocycles. The number of nitrogens with zero attached hydrogens (tertiary/aromatic N) is 2. The Morgan fingerprint density at radius 1 is 1.20 bits per heavy atom. The molecule has 2 rings (SSSR count). The molecule has 0 aliphatic heterocycles. The van der Waals surface area contributed by atoms with Gasteiger partial charge in [0, 0.05) is 18.4 Å². The van der Waals surface area contributed by atoms with E-state index in [0.29, 0.717) is 22.6 Å². The molecule has 3 N–H and O–H groups in total. The van der Waals surface area contributed by atoms with Gasteiger partial charge in [-0.3, -0.25) is 4.79 Å². The van der Waals surface area contributed by atoms with Crippen molar-refractivity contribution < 1.29 is 4.79 Å². The van der Waals surface area contributed by atoms with Gasteiger partial charge in [0.1, 0.15) is 5.03 Å². The number of nitrogen functional groups attached to an aromatic ring is 1. The summed E-state index contributed by atoms with van der Waals surface area (Å²) in [4.78, 5) is 20.1. The summed E-state index contributed by atoms with van der Waals surface area (Å²) in [6.07, 6.45) is 11.7. The number of carbonyl (C=O) groups is 1. The molecule has 1 saturated carbocycles. The second-order valence-corrected chi connectivity index (χ2v) is 6.11. The minimum atomic E-state index is 0.0608. The maximum absolute atomic E-state index is 12.0. The molecule has 1 amide bonds. The Labute approximate surface area is 124 Å². The number of aromatic nitrogens is 2. The van der Waals surface area contributed by atoms with Crippen LogP contribution < -0.4 is 11.1 Å². The van der Waals surface area contributed by atoms with E-state index in [-0.39, 0.29) is 5.91 Å². The molecule has 20 heavy (non-hydrogen) atoms. The van der Waals surface area contributed by atoms with Gasteiger partial charge in [-0.05, 0) is 12.8 Å². The van der Waals surface area contributed by atoms with Crippen molar-refractivity contribution in [3.8, 4) is 0 Å². The fourth-order valence-corrected chi connectivity index (χ4v) is 3.14. The topological polar surface area (TPSA) is 80.9 Å². The normalized spacial score (nSPS) is 17.2. The number of carbonyl (C=O) groups excluding carboxylic acids is 1. The van der Waals surface area contributed by atoms with Crippen LogP contribution in [-0.2, 0) is 4.79 Å². The summed E-state index contributed by atoms with van der Waals surface area (Å²) in [5.41, 5.74) is 5.70. The van der Waals surface area contributed by atoms with E-state index in [4.69, 9.17) is 5.73 Å². The lowest BCUT2D eigenvalue weighted by atomic mass is 9.97. The van der Waals surface area contributed by atoms with Crippen LogP contribution >= 0.6 is 11.8 Å². The van der Waals surface area contributed by atoms with E-state index >= 15 is 0 Å². The Hall–Kier alpha value is -1.30. The van der Waals surface area contributed by atoms with Gasteiger partial charge in [0.2, 0.25) is 5.91 Å². The van der Waals surface area contributed by atoms with Crippen molar-refractivity contribution in [2.75, 3.05) is 11.5 Å². The molecule has 0 atom stereocenters.